The zero-order chi connectivity index (χ0) is 10.8. The Morgan fingerprint density at radius 1 is 1.53 bits per heavy atom. The lowest BCUT2D eigenvalue weighted by Crippen LogP contribution is -2.13. The number of imidazole rings is 1. The Morgan fingerprint density at radius 3 is 3.00 bits per heavy atom. The number of nitrogens with zero attached hydrogens (tertiary/aromatic N) is 1. The number of nitrogens with two attached hydrogens (primary N) is 1. The van der Waals surface area contributed by atoms with Gasteiger partial charge in [0.25, 0.3) is 0 Å². The van der Waals surface area contributed by atoms with Crippen LogP contribution >= 0.6 is 0 Å². The summed E-state index contributed by atoms with van der Waals surface area (Å²) in [5, 5.41) is 8.81. The van der Waals surface area contributed by atoms with E-state index in [9.17, 15) is 0 Å². The van der Waals surface area contributed by atoms with Crippen LogP contribution in [0.15, 0.2) is 18.2 Å². The van der Waals surface area contributed by atoms with Crippen LogP contribution in [0.4, 0.5) is 0 Å². The zero-order valence-corrected chi connectivity index (χ0v) is 8.70. The van der Waals surface area contributed by atoms with Crippen LogP contribution in [0, 0.1) is 6.92 Å². The van der Waals surface area contributed by atoms with Crippen molar-refractivity contribution in [3.05, 3.63) is 29.6 Å². The molecule has 4 heteroatoms. The molecule has 0 saturated carbocycles. The van der Waals surface area contributed by atoms with Gasteiger partial charge in [0.15, 0.2) is 0 Å². The minimum Gasteiger partial charge on any atom is -0.396 e. The molecule has 0 saturated heterocycles. The van der Waals surface area contributed by atoms with Crippen LogP contribution in [-0.4, -0.2) is 21.7 Å². The van der Waals surface area contributed by atoms with Crippen LogP contribution in [0.25, 0.3) is 11.0 Å². The second-order valence-corrected chi connectivity index (χ2v) is 3.71. The van der Waals surface area contributed by atoms with Gasteiger partial charge in [-0.05, 0) is 25.0 Å². The van der Waals surface area contributed by atoms with Crippen molar-refractivity contribution in [2.75, 3.05) is 6.61 Å². The van der Waals surface area contributed by atoms with Gasteiger partial charge in [-0.25, -0.2) is 4.98 Å². The molecule has 2 aromatic rings. The van der Waals surface area contributed by atoms with E-state index in [-0.39, 0.29) is 12.6 Å². The van der Waals surface area contributed by atoms with E-state index in [0.29, 0.717) is 6.42 Å². The highest BCUT2D eigenvalue weighted by atomic mass is 16.3. The Balaban J connectivity index is 2.43. The van der Waals surface area contributed by atoms with Crippen molar-refractivity contribution in [3.63, 3.8) is 0 Å². The Labute approximate surface area is 88.1 Å². The van der Waals surface area contributed by atoms with Gasteiger partial charge in [-0.1, -0.05) is 12.1 Å². The summed E-state index contributed by atoms with van der Waals surface area (Å²) >= 11 is 0. The predicted molar refractivity (Wildman–Crippen MR) is 59.5 cm³/mol. The minimum atomic E-state index is -0.221. The maximum Gasteiger partial charge on any atom is 0.124 e. The lowest BCUT2D eigenvalue weighted by molar-refractivity contribution is 0.275. The summed E-state index contributed by atoms with van der Waals surface area (Å²) in [6, 6.07) is 5.76. The normalized spacial score (nSPS) is 13.3. The molecule has 0 spiro atoms. The first-order valence-electron chi connectivity index (χ1n) is 5.04. The average molecular weight is 205 g/mol. The molecule has 4 nitrogen and oxygen atoms in total. The third-order valence-corrected chi connectivity index (χ3v) is 2.52. The van der Waals surface area contributed by atoms with Crippen molar-refractivity contribution >= 4 is 11.0 Å². The largest absolute Gasteiger partial charge is 0.396 e. The van der Waals surface area contributed by atoms with E-state index in [0.717, 1.165) is 22.4 Å². The standard InChI is InChI=1S/C11H15N3O/c1-7-3-2-4-9-10(7)14-11(13-9)8(12)5-6-15/h2-4,8,15H,5-6,12H2,1H3,(H,13,14)/t8-/m0/s1. The molecule has 1 atom stereocenters. The molecule has 1 aromatic carbocycles. The summed E-state index contributed by atoms with van der Waals surface area (Å²) in [4.78, 5) is 7.61. The molecular formula is C11H15N3O. The average Bonchev–Trinajstić information content (AvgIpc) is 2.63. The first kappa shape index (κ1) is 10.1. The predicted octanol–water partition coefficient (Wildman–Crippen LogP) is 1.25. The van der Waals surface area contributed by atoms with E-state index in [4.69, 9.17) is 10.8 Å². The topological polar surface area (TPSA) is 74.9 Å². The number of aliphatic hydroxyl groups excluding tert-OH is 1. The summed E-state index contributed by atoms with van der Waals surface area (Å²) in [7, 11) is 0. The number of para-hydroxylation sites is 1. The van der Waals surface area contributed by atoms with Crippen LogP contribution in [0.1, 0.15) is 23.9 Å². The highest BCUT2D eigenvalue weighted by Gasteiger charge is 2.11. The first-order chi connectivity index (χ1) is 7.22. The molecule has 15 heavy (non-hydrogen) atoms. The number of fused-ring (bicyclic) bond motifs is 1. The number of aryl methyl sites for hydroxylation is 1. The van der Waals surface area contributed by atoms with Gasteiger partial charge in [0.1, 0.15) is 5.82 Å². The van der Waals surface area contributed by atoms with Crippen molar-refractivity contribution < 1.29 is 5.11 Å². The Kier molecular flexibility index (Phi) is 2.70. The van der Waals surface area contributed by atoms with E-state index < -0.39 is 0 Å². The maximum absolute atomic E-state index is 8.81. The third kappa shape index (κ3) is 1.86. The highest BCUT2D eigenvalue weighted by Crippen LogP contribution is 2.19. The molecule has 1 heterocycles. The lowest BCUT2D eigenvalue weighted by Gasteiger charge is -2.04. The summed E-state index contributed by atoms with van der Waals surface area (Å²) < 4.78 is 0. The lowest BCUT2D eigenvalue weighted by atomic mass is 10.2. The SMILES string of the molecule is Cc1cccc2[nH]c([C@@H](N)CCO)nc12. The van der Waals surface area contributed by atoms with E-state index in [1.54, 1.807) is 0 Å². The van der Waals surface area contributed by atoms with Crippen LogP contribution in [-0.2, 0) is 0 Å². The Hall–Kier alpha value is -1.39. The van der Waals surface area contributed by atoms with E-state index in [2.05, 4.69) is 9.97 Å². The number of aromatic amines is 1. The van der Waals surface area contributed by atoms with Crippen LogP contribution in [0.3, 0.4) is 0 Å². The minimum absolute atomic E-state index is 0.0805. The number of H-pyrrole nitrogens is 1. The summed E-state index contributed by atoms with van der Waals surface area (Å²) in [6.45, 7) is 2.10. The molecule has 0 aliphatic carbocycles. The molecule has 0 unspecified atom stereocenters. The monoisotopic (exact) mass is 205 g/mol. The molecule has 0 bridgehead atoms. The fourth-order valence-corrected chi connectivity index (χ4v) is 1.65. The molecule has 0 radical (unpaired) electrons. The van der Waals surface area contributed by atoms with Gasteiger partial charge < -0.3 is 15.8 Å². The van der Waals surface area contributed by atoms with Crippen LogP contribution < -0.4 is 5.73 Å². The van der Waals surface area contributed by atoms with Crippen molar-refractivity contribution in [2.24, 2.45) is 5.73 Å². The smallest absolute Gasteiger partial charge is 0.124 e. The molecule has 4 N–H and O–H groups in total. The third-order valence-electron chi connectivity index (χ3n) is 2.52. The molecule has 1 aromatic heterocycles. The zero-order valence-electron chi connectivity index (χ0n) is 8.70. The molecule has 0 aliphatic rings. The number of nitrogens with one attached hydrogen (secondary N) is 1. The van der Waals surface area contributed by atoms with E-state index in [1.807, 2.05) is 25.1 Å². The van der Waals surface area contributed by atoms with Gasteiger partial charge in [-0.2, -0.15) is 0 Å². The number of rotatable bonds is 3. The van der Waals surface area contributed by atoms with E-state index in [1.165, 1.54) is 0 Å². The number of hydrogen-bond acceptors (Lipinski definition) is 3. The van der Waals surface area contributed by atoms with Gasteiger partial charge in [0.05, 0.1) is 17.1 Å². The summed E-state index contributed by atoms with van der Waals surface area (Å²) in [6.07, 6.45) is 0.527. The molecular weight excluding hydrogens is 190 g/mol. The van der Waals surface area contributed by atoms with Gasteiger partial charge in [-0.3, -0.25) is 0 Å². The summed E-state index contributed by atoms with van der Waals surface area (Å²) in [5.41, 5.74) is 8.95. The highest BCUT2D eigenvalue weighted by molar-refractivity contribution is 5.78. The van der Waals surface area contributed by atoms with Crippen molar-refractivity contribution in [3.8, 4) is 0 Å². The summed E-state index contributed by atoms with van der Waals surface area (Å²) in [5.74, 6) is 0.744. The molecule has 0 fully saturated rings. The first-order valence-corrected chi connectivity index (χ1v) is 5.04. The quantitative estimate of drug-likeness (QED) is 0.706. The maximum atomic E-state index is 8.81. The van der Waals surface area contributed by atoms with Crippen molar-refractivity contribution in [2.45, 2.75) is 19.4 Å². The number of aliphatic hydroxyl groups is 1. The number of aromatic nitrogens is 2. The van der Waals surface area contributed by atoms with Gasteiger partial charge in [0.2, 0.25) is 0 Å². The van der Waals surface area contributed by atoms with Crippen LogP contribution in [0.5, 0.6) is 0 Å². The number of hydrogen-bond donors (Lipinski definition) is 3. The second-order valence-electron chi connectivity index (χ2n) is 3.71. The molecule has 0 amide bonds. The van der Waals surface area contributed by atoms with Crippen molar-refractivity contribution in [1.29, 1.82) is 0 Å². The number of benzene rings is 1. The van der Waals surface area contributed by atoms with Gasteiger partial charge in [0, 0.05) is 6.61 Å². The molecule has 2 rings (SSSR count). The van der Waals surface area contributed by atoms with Crippen molar-refractivity contribution in [1.82, 2.24) is 9.97 Å². The van der Waals surface area contributed by atoms with Gasteiger partial charge >= 0.3 is 0 Å². The fraction of sp³-hybridized carbons (Fsp3) is 0.364. The van der Waals surface area contributed by atoms with E-state index >= 15 is 0 Å². The van der Waals surface area contributed by atoms with Gasteiger partial charge in [-0.15, -0.1) is 0 Å². The Morgan fingerprint density at radius 2 is 2.33 bits per heavy atom. The fourth-order valence-electron chi connectivity index (χ4n) is 1.65. The van der Waals surface area contributed by atoms with Crippen LogP contribution in [0.2, 0.25) is 0 Å². The molecule has 80 valence electrons. The Bertz CT molecular complexity index is 464. The second kappa shape index (κ2) is 4.00. The molecule has 0 aliphatic heterocycles.